The van der Waals surface area contributed by atoms with Gasteiger partial charge in [-0.05, 0) is 18.4 Å². The van der Waals surface area contributed by atoms with Crippen molar-refractivity contribution in [2.45, 2.75) is 24.8 Å². The summed E-state index contributed by atoms with van der Waals surface area (Å²) in [4.78, 5) is 12.4. The number of nitrogen functional groups attached to an aromatic ring is 1. The first-order valence-corrected chi connectivity index (χ1v) is 6.82. The predicted octanol–water partition coefficient (Wildman–Crippen LogP) is 1.31. The van der Waals surface area contributed by atoms with Crippen LogP contribution in [0.1, 0.15) is 18.4 Å². The van der Waals surface area contributed by atoms with E-state index in [-0.39, 0.29) is 11.3 Å². The molecule has 2 aromatic rings. The van der Waals surface area contributed by atoms with E-state index in [1.807, 2.05) is 30.3 Å². The molecular formula is C15H18N4O. The van der Waals surface area contributed by atoms with E-state index < -0.39 is 0 Å². The molecule has 3 rings (SSSR count). The molecule has 5 nitrogen and oxygen atoms in total. The van der Waals surface area contributed by atoms with Gasteiger partial charge in [-0.2, -0.15) is 5.10 Å². The Bertz CT molecular complexity index is 601. The summed E-state index contributed by atoms with van der Waals surface area (Å²) in [7, 11) is 0. The van der Waals surface area contributed by atoms with Crippen LogP contribution in [0, 0.1) is 0 Å². The van der Waals surface area contributed by atoms with Gasteiger partial charge in [0.05, 0.1) is 23.8 Å². The fraction of sp³-hybridized carbons (Fsp3) is 0.333. The van der Waals surface area contributed by atoms with Crippen molar-refractivity contribution in [3.8, 4) is 0 Å². The van der Waals surface area contributed by atoms with Crippen LogP contribution in [0.4, 0.5) is 5.69 Å². The van der Waals surface area contributed by atoms with Gasteiger partial charge in [-0.3, -0.25) is 9.48 Å². The van der Waals surface area contributed by atoms with Crippen LogP contribution in [0.25, 0.3) is 0 Å². The van der Waals surface area contributed by atoms with Crippen molar-refractivity contribution in [2.75, 3.05) is 12.3 Å². The summed E-state index contributed by atoms with van der Waals surface area (Å²) < 4.78 is 1.73. The van der Waals surface area contributed by atoms with Crippen molar-refractivity contribution in [3.63, 3.8) is 0 Å². The van der Waals surface area contributed by atoms with E-state index in [0.717, 1.165) is 18.4 Å². The number of nitrogens with one attached hydrogen (secondary N) is 1. The van der Waals surface area contributed by atoms with Crippen LogP contribution in [0.5, 0.6) is 0 Å². The highest BCUT2D eigenvalue weighted by molar-refractivity contribution is 5.91. The van der Waals surface area contributed by atoms with Crippen LogP contribution >= 0.6 is 0 Å². The minimum Gasteiger partial charge on any atom is -0.396 e. The summed E-state index contributed by atoms with van der Waals surface area (Å²) in [5.74, 6) is 0.115. The van der Waals surface area contributed by atoms with E-state index in [9.17, 15) is 4.79 Å². The van der Waals surface area contributed by atoms with E-state index in [1.165, 1.54) is 0 Å². The van der Waals surface area contributed by atoms with E-state index in [2.05, 4.69) is 10.4 Å². The van der Waals surface area contributed by atoms with Crippen LogP contribution in [0.2, 0.25) is 0 Å². The minimum absolute atomic E-state index is 0.115. The molecule has 0 radical (unpaired) electrons. The van der Waals surface area contributed by atoms with E-state index >= 15 is 0 Å². The number of hydrogen-bond acceptors (Lipinski definition) is 3. The Kier molecular flexibility index (Phi) is 3.18. The molecule has 1 saturated carbocycles. The average molecular weight is 270 g/mol. The molecule has 1 aliphatic carbocycles. The molecule has 1 aromatic heterocycles. The molecule has 5 heteroatoms. The summed E-state index contributed by atoms with van der Waals surface area (Å²) in [6.45, 7) is 1.20. The third-order valence-corrected chi connectivity index (χ3v) is 3.79. The number of nitrogens with two attached hydrogens (primary N) is 1. The van der Waals surface area contributed by atoms with Crippen molar-refractivity contribution in [3.05, 3.63) is 48.3 Å². The standard InChI is InChI=1S/C15H18N4O/c16-13-10-18-19(11-13)9-8-17-14(20)15(6-7-15)12-4-2-1-3-5-12/h1-5,10-11H,6-9,16H2,(H,17,20). The molecule has 104 valence electrons. The molecule has 0 bridgehead atoms. The quantitative estimate of drug-likeness (QED) is 0.860. The number of rotatable bonds is 5. The number of nitrogens with zero attached hydrogens (tertiary/aromatic N) is 2. The van der Waals surface area contributed by atoms with Gasteiger partial charge >= 0.3 is 0 Å². The fourth-order valence-corrected chi connectivity index (χ4v) is 2.48. The summed E-state index contributed by atoms with van der Waals surface area (Å²) >= 11 is 0. The molecule has 1 heterocycles. The molecule has 0 atom stereocenters. The third-order valence-electron chi connectivity index (χ3n) is 3.79. The summed E-state index contributed by atoms with van der Waals surface area (Å²) in [6.07, 6.45) is 5.22. The molecule has 0 unspecified atom stereocenters. The highest BCUT2D eigenvalue weighted by Gasteiger charge is 2.50. The molecule has 0 saturated heterocycles. The molecule has 1 aliphatic rings. The largest absolute Gasteiger partial charge is 0.396 e. The zero-order valence-corrected chi connectivity index (χ0v) is 11.2. The zero-order chi connectivity index (χ0) is 14.0. The first kappa shape index (κ1) is 12.7. The molecule has 20 heavy (non-hydrogen) atoms. The van der Waals surface area contributed by atoms with Gasteiger partial charge in [-0.25, -0.2) is 0 Å². The van der Waals surface area contributed by atoms with E-state index in [0.29, 0.717) is 18.8 Å². The Balaban J connectivity index is 1.57. The van der Waals surface area contributed by atoms with Crippen molar-refractivity contribution in [2.24, 2.45) is 0 Å². The summed E-state index contributed by atoms with van der Waals surface area (Å²) in [5, 5.41) is 7.09. The lowest BCUT2D eigenvalue weighted by Gasteiger charge is -2.15. The maximum atomic E-state index is 12.4. The summed E-state index contributed by atoms with van der Waals surface area (Å²) in [5.41, 5.74) is 7.04. The first-order valence-electron chi connectivity index (χ1n) is 6.82. The Labute approximate surface area is 117 Å². The molecule has 0 aliphatic heterocycles. The number of carbonyl (C=O) groups excluding carboxylic acids is 1. The van der Waals surface area contributed by atoms with Gasteiger partial charge in [0.2, 0.25) is 5.91 Å². The van der Waals surface area contributed by atoms with Crippen molar-refractivity contribution in [1.29, 1.82) is 0 Å². The maximum Gasteiger partial charge on any atom is 0.230 e. The second-order valence-electron chi connectivity index (χ2n) is 5.24. The van der Waals surface area contributed by atoms with Gasteiger partial charge in [0, 0.05) is 12.7 Å². The predicted molar refractivity (Wildman–Crippen MR) is 77.0 cm³/mol. The number of hydrogen-bond donors (Lipinski definition) is 2. The van der Waals surface area contributed by atoms with Crippen molar-refractivity contribution >= 4 is 11.6 Å². The van der Waals surface area contributed by atoms with E-state index in [1.54, 1.807) is 17.1 Å². The zero-order valence-electron chi connectivity index (χ0n) is 11.2. The second kappa shape index (κ2) is 5.00. The lowest BCUT2D eigenvalue weighted by atomic mass is 9.95. The molecular weight excluding hydrogens is 252 g/mol. The van der Waals surface area contributed by atoms with E-state index in [4.69, 9.17) is 5.73 Å². The van der Waals surface area contributed by atoms with Gasteiger partial charge in [-0.15, -0.1) is 0 Å². The van der Waals surface area contributed by atoms with Crippen LogP contribution in [-0.2, 0) is 16.8 Å². The molecule has 1 aromatic carbocycles. The smallest absolute Gasteiger partial charge is 0.230 e. The average Bonchev–Trinajstić information content (AvgIpc) is 3.18. The molecule has 0 spiro atoms. The Morgan fingerprint density at radius 1 is 1.35 bits per heavy atom. The highest BCUT2D eigenvalue weighted by Crippen LogP contribution is 2.48. The minimum atomic E-state index is -0.301. The fourth-order valence-electron chi connectivity index (χ4n) is 2.48. The normalized spacial score (nSPS) is 15.8. The second-order valence-corrected chi connectivity index (χ2v) is 5.24. The van der Waals surface area contributed by atoms with Crippen molar-refractivity contribution < 1.29 is 4.79 Å². The lowest BCUT2D eigenvalue weighted by molar-refractivity contribution is -0.123. The maximum absolute atomic E-state index is 12.4. The van der Waals surface area contributed by atoms with Crippen LogP contribution in [-0.4, -0.2) is 22.2 Å². The lowest BCUT2D eigenvalue weighted by Crippen LogP contribution is -2.36. The SMILES string of the molecule is Nc1cnn(CCNC(=O)C2(c3ccccc3)CC2)c1. The Hall–Kier alpha value is -2.30. The Morgan fingerprint density at radius 3 is 2.70 bits per heavy atom. The highest BCUT2D eigenvalue weighted by atomic mass is 16.2. The number of benzene rings is 1. The number of anilines is 1. The van der Waals surface area contributed by atoms with Crippen LogP contribution in [0.3, 0.4) is 0 Å². The van der Waals surface area contributed by atoms with Crippen LogP contribution < -0.4 is 11.1 Å². The number of aromatic nitrogens is 2. The summed E-state index contributed by atoms with van der Waals surface area (Å²) in [6, 6.07) is 9.99. The Morgan fingerprint density at radius 2 is 2.10 bits per heavy atom. The molecule has 3 N–H and O–H groups in total. The van der Waals surface area contributed by atoms with Crippen LogP contribution in [0.15, 0.2) is 42.7 Å². The van der Waals surface area contributed by atoms with Gasteiger partial charge in [0.15, 0.2) is 0 Å². The van der Waals surface area contributed by atoms with Gasteiger partial charge < -0.3 is 11.1 Å². The van der Waals surface area contributed by atoms with Gasteiger partial charge in [0.1, 0.15) is 0 Å². The molecule has 1 fully saturated rings. The van der Waals surface area contributed by atoms with Crippen molar-refractivity contribution in [1.82, 2.24) is 15.1 Å². The van der Waals surface area contributed by atoms with Gasteiger partial charge in [-0.1, -0.05) is 30.3 Å². The molecule has 1 amide bonds. The first-order chi connectivity index (χ1) is 9.71. The number of amides is 1. The monoisotopic (exact) mass is 270 g/mol. The number of carbonyl (C=O) groups is 1. The van der Waals surface area contributed by atoms with Gasteiger partial charge in [0.25, 0.3) is 0 Å². The topological polar surface area (TPSA) is 72.9 Å². The third kappa shape index (κ3) is 2.39.